The molecule has 0 aliphatic carbocycles. The summed E-state index contributed by atoms with van der Waals surface area (Å²) in [5, 5.41) is 23.0. The van der Waals surface area contributed by atoms with E-state index in [9.17, 15) is 9.90 Å². The Morgan fingerprint density at radius 2 is 2.21 bits per heavy atom. The molecule has 1 aliphatic heterocycles. The van der Waals surface area contributed by atoms with Crippen LogP contribution < -0.4 is 5.32 Å². The van der Waals surface area contributed by atoms with Gasteiger partial charge >= 0.3 is 5.97 Å². The molecule has 130 valence electrons. The fraction of sp³-hybridized carbons (Fsp3) is 0.562. The van der Waals surface area contributed by atoms with Crippen molar-refractivity contribution < 1.29 is 15.0 Å². The van der Waals surface area contributed by atoms with E-state index < -0.39 is 12.1 Å². The Labute approximate surface area is 139 Å². The first-order valence-electron chi connectivity index (χ1n) is 8.24. The summed E-state index contributed by atoms with van der Waals surface area (Å²) in [5.74, 6) is 0.247. The number of aliphatic hydroxyl groups is 1. The van der Waals surface area contributed by atoms with Crippen LogP contribution in [0.2, 0.25) is 0 Å². The lowest BCUT2D eigenvalue weighted by atomic mass is 9.99. The third-order valence-electron chi connectivity index (χ3n) is 4.51. The Balaban J connectivity index is 1.59. The van der Waals surface area contributed by atoms with E-state index in [4.69, 9.17) is 5.11 Å². The Morgan fingerprint density at radius 1 is 1.46 bits per heavy atom. The van der Waals surface area contributed by atoms with Gasteiger partial charge in [-0.15, -0.1) is 0 Å². The molecule has 1 unspecified atom stereocenters. The second-order valence-electron chi connectivity index (χ2n) is 6.49. The largest absolute Gasteiger partial charge is 0.477 e. The molecule has 1 fully saturated rings. The summed E-state index contributed by atoms with van der Waals surface area (Å²) in [6.07, 6.45) is 3.20. The Hall–Kier alpha value is -2.19. The molecule has 0 aromatic carbocycles. The smallest absolute Gasteiger partial charge is 0.352 e. The third-order valence-corrected chi connectivity index (χ3v) is 4.51. The highest BCUT2D eigenvalue weighted by Crippen LogP contribution is 2.20. The van der Waals surface area contributed by atoms with E-state index in [-0.39, 0.29) is 5.69 Å². The van der Waals surface area contributed by atoms with Gasteiger partial charge in [0.25, 0.3) is 0 Å². The van der Waals surface area contributed by atoms with Crippen molar-refractivity contribution in [2.45, 2.75) is 25.9 Å². The number of carbonyl (C=O) groups is 1. The van der Waals surface area contributed by atoms with Gasteiger partial charge in [-0.05, 0) is 37.9 Å². The third kappa shape index (κ3) is 3.82. The van der Waals surface area contributed by atoms with Gasteiger partial charge in [0.15, 0.2) is 0 Å². The standard InChI is InChI=1S/C16H23N5O3/c1-10-2-4-21(5-3-10)8-11(22)7-17-14-12-6-13(16(23)24)20-15(12)19-9-18-14/h6,9-11,22H,2-5,7-8H2,1H3,(H,23,24)(H2,17,18,19,20). The first kappa shape index (κ1) is 16.7. The fourth-order valence-electron chi connectivity index (χ4n) is 3.02. The fourth-order valence-corrected chi connectivity index (χ4v) is 3.02. The highest BCUT2D eigenvalue weighted by atomic mass is 16.4. The topological polar surface area (TPSA) is 114 Å². The van der Waals surface area contributed by atoms with Crippen molar-refractivity contribution in [2.24, 2.45) is 5.92 Å². The van der Waals surface area contributed by atoms with Crippen LogP contribution in [0.15, 0.2) is 12.4 Å². The van der Waals surface area contributed by atoms with Gasteiger partial charge in [0.05, 0.1) is 11.5 Å². The second kappa shape index (κ2) is 7.14. The van der Waals surface area contributed by atoms with Crippen LogP contribution in [0, 0.1) is 5.92 Å². The normalized spacial score (nSPS) is 17.9. The number of nitrogens with one attached hydrogen (secondary N) is 2. The molecular formula is C16H23N5O3. The number of hydrogen-bond donors (Lipinski definition) is 4. The molecule has 0 bridgehead atoms. The minimum atomic E-state index is -1.04. The lowest BCUT2D eigenvalue weighted by Gasteiger charge is -2.31. The Bertz CT molecular complexity index is 709. The summed E-state index contributed by atoms with van der Waals surface area (Å²) in [6.45, 7) is 5.29. The Kier molecular flexibility index (Phi) is 4.96. The maximum atomic E-state index is 11.0. The monoisotopic (exact) mass is 333 g/mol. The molecule has 2 aromatic heterocycles. The Morgan fingerprint density at radius 3 is 2.92 bits per heavy atom. The number of anilines is 1. The quantitative estimate of drug-likeness (QED) is 0.627. The van der Waals surface area contributed by atoms with Crippen LogP contribution in [-0.2, 0) is 0 Å². The number of aromatic nitrogens is 3. The molecule has 3 heterocycles. The number of piperidine rings is 1. The molecule has 1 saturated heterocycles. The van der Waals surface area contributed by atoms with Crippen molar-refractivity contribution >= 4 is 22.8 Å². The number of likely N-dealkylation sites (tertiary alicyclic amines) is 1. The second-order valence-corrected chi connectivity index (χ2v) is 6.49. The number of rotatable bonds is 6. The van der Waals surface area contributed by atoms with Gasteiger partial charge in [-0.25, -0.2) is 14.8 Å². The molecule has 0 amide bonds. The molecule has 4 N–H and O–H groups in total. The predicted molar refractivity (Wildman–Crippen MR) is 90.2 cm³/mol. The molecule has 3 rings (SSSR count). The maximum absolute atomic E-state index is 11.0. The molecule has 0 radical (unpaired) electrons. The molecule has 8 heteroatoms. The molecule has 8 nitrogen and oxygen atoms in total. The van der Waals surface area contributed by atoms with E-state index in [2.05, 4.69) is 32.1 Å². The van der Waals surface area contributed by atoms with Crippen LogP contribution in [0.3, 0.4) is 0 Å². The summed E-state index contributed by atoms with van der Waals surface area (Å²) in [7, 11) is 0. The minimum Gasteiger partial charge on any atom is -0.477 e. The zero-order valence-corrected chi connectivity index (χ0v) is 13.7. The maximum Gasteiger partial charge on any atom is 0.352 e. The van der Waals surface area contributed by atoms with Gasteiger partial charge < -0.3 is 25.4 Å². The summed E-state index contributed by atoms with van der Waals surface area (Å²) in [4.78, 5) is 24.2. The van der Waals surface area contributed by atoms with Crippen molar-refractivity contribution in [1.29, 1.82) is 0 Å². The van der Waals surface area contributed by atoms with Crippen LogP contribution in [0.4, 0.5) is 5.82 Å². The zero-order chi connectivity index (χ0) is 17.1. The highest BCUT2D eigenvalue weighted by molar-refractivity contribution is 5.96. The van der Waals surface area contributed by atoms with Crippen LogP contribution in [0.25, 0.3) is 11.0 Å². The SMILES string of the molecule is CC1CCN(CC(O)CNc2ncnc3[nH]c(C(=O)O)cc23)CC1. The molecule has 2 aromatic rings. The number of aliphatic hydroxyl groups excluding tert-OH is 1. The summed E-state index contributed by atoms with van der Waals surface area (Å²) in [6, 6.07) is 1.50. The van der Waals surface area contributed by atoms with E-state index in [0.29, 0.717) is 29.9 Å². The van der Waals surface area contributed by atoms with Gasteiger partial charge in [-0.2, -0.15) is 0 Å². The average molecular weight is 333 g/mol. The van der Waals surface area contributed by atoms with E-state index in [0.717, 1.165) is 19.0 Å². The predicted octanol–water partition coefficient (Wildman–Crippen LogP) is 1.16. The number of aromatic amines is 1. The zero-order valence-electron chi connectivity index (χ0n) is 13.7. The number of nitrogens with zero attached hydrogens (tertiary/aromatic N) is 3. The highest BCUT2D eigenvalue weighted by Gasteiger charge is 2.19. The molecule has 1 aliphatic rings. The van der Waals surface area contributed by atoms with Gasteiger partial charge in [0.2, 0.25) is 0 Å². The van der Waals surface area contributed by atoms with Crippen molar-refractivity contribution in [3.05, 3.63) is 18.1 Å². The van der Waals surface area contributed by atoms with Crippen molar-refractivity contribution in [3.63, 3.8) is 0 Å². The van der Waals surface area contributed by atoms with Gasteiger partial charge in [0, 0.05) is 13.1 Å². The molecule has 24 heavy (non-hydrogen) atoms. The molecule has 1 atom stereocenters. The summed E-state index contributed by atoms with van der Waals surface area (Å²) in [5.41, 5.74) is 0.529. The van der Waals surface area contributed by atoms with Crippen molar-refractivity contribution in [3.8, 4) is 0 Å². The van der Waals surface area contributed by atoms with Crippen LogP contribution in [-0.4, -0.2) is 68.3 Å². The van der Waals surface area contributed by atoms with Crippen LogP contribution >= 0.6 is 0 Å². The first-order valence-corrected chi connectivity index (χ1v) is 8.24. The lowest BCUT2D eigenvalue weighted by Crippen LogP contribution is -2.40. The number of carboxylic acids is 1. The van der Waals surface area contributed by atoms with Gasteiger partial charge in [0.1, 0.15) is 23.5 Å². The lowest BCUT2D eigenvalue weighted by molar-refractivity contribution is 0.0691. The van der Waals surface area contributed by atoms with Crippen LogP contribution in [0.1, 0.15) is 30.3 Å². The van der Waals surface area contributed by atoms with Crippen LogP contribution in [0.5, 0.6) is 0 Å². The number of β-amino-alcohol motifs (C(OH)–C–C–N with tert-alkyl or cyclic N) is 1. The van der Waals surface area contributed by atoms with E-state index >= 15 is 0 Å². The number of fused-ring (bicyclic) bond motifs is 1. The van der Waals surface area contributed by atoms with E-state index in [1.807, 2.05) is 0 Å². The molecule has 0 saturated carbocycles. The summed E-state index contributed by atoms with van der Waals surface area (Å²) >= 11 is 0. The molecule has 0 spiro atoms. The van der Waals surface area contributed by atoms with E-state index in [1.165, 1.54) is 25.2 Å². The average Bonchev–Trinajstić information content (AvgIpc) is 3.00. The minimum absolute atomic E-state index is 0.0662. The number of hydrogen-bond acceptors (Lipinski definition) is 6. The first-order chi connectivity index (χ1) is 11.5. The van der Waals surface area contributed by atoms with Crippen molar-refractivity contribution in [1.82, 2.24) is 19.9 Å². The number of carboxylic acid groups (broad SMARTS) is 1. The molecular weight excluding hydrogens is 310 g/mol. The van der Waals surface area contributed by atoms with Crippen molar-refractivity contribution in [2.75, 3.05) is 31.5 Å². The van der Waals surface area contributed by atoms with Gasteiger partial charge in [-0.3, -0.25) is 0 Å². The van der Waals surface area contributed by atoms with Gasteiger partial charge in [-0.1, -0.05) is 6.92 Å². The number of aromatic carboxylic acids is 1. The number of H-pyrrole nitrogens is 1. The summed E-state index contributed by atoms with van der Waals surface area (Å²) < 4.78 is 0. The van der Waals surface area contributed by atoms with E-state index in [1.54, 1.807) is 0 Å².